The van der Waals surface area contributed by atoms with Gasteiger partial charge in [0.2, 0.25) is 0 Å². The van der Waals surface area contributed by atoms with Gasteiger partial charge in [-0.05, 0) is 29.7 Å². The Morgan fingerprint density at radius 1 is 1.33 bits per heavy atom. The van der Waals surface area contributed by atoms with Crippen LogP contribution in [0.5, 0.6) is 0 Å². The molecule has 18 heavy (non-hydrogen) atoms. The molecule has 1 aromatic rings. The SMILES string of the molecule is CC(C)(C)C(CN)NC(=O)Nc1ccc(F)cc1. The molecular weight excluding hydrogens is 233 g/mol. The van der Waals surface area contributed by atoms with Crippen LogP contribution in [0.2, 0.25) is 0 Å². The normalized spacial score (nSPS) is 12.9. The highest BCUT2D eigenvalue weighted by molar-refractivity contribution is 5.89. The van der Waals surface area contributed by atoms with Gasteiger partial charge < -0.3 is 16.4 Å². The van der Waals surface area contributed by atoms with Crippen molar-refractivity contribution in [1.82, 2.24) is 5.32 Å². The van der Waals surface area contributed by atoms with Gasteiger partial charge in [-0.15, -0.1) is 0 Å². The van der Waals surface area contributed by atoms with Crippen molar-refractivity contribution in [2.45, 2.75) is 26.8 Å². The number of halogens is 1. The van der Waals surface area contributed by atoms with Gasteiger partial charge in [0.15, 0.2) is 0 Å². The molecule has 2 amide bonds. The molecule has 0 aromatic heterocycles. The minimum Gasteiger partial charge on any atom is -0.333 e. The molecule has 5 heteroatoms. The van der Waals surface area contributed by atoms with Crippen molar-refractivity contribution in [3.8, 4) is 0 Å². The minimum atomic E-state index is -0.341. The summed E-state index contributed by atoms with van der Waals surface area (Å²) in [5, 5.41) is 5.43. The van der Waals surface area contributed by atoms with E-state index in [1.54, 1.807) is 0 Å². The first-order chi connectivity index (χ1) is 8.32. The molecular formula is C13H20FN3O. The molecule has 1 aromatic carbocycles. The van der Waals surface area contributed by atoms with E-state index in [-0.39, 0.29) is 23.3 Å². The third-order valence-corrected chi connectivity index (χ3v) is 2.69. The van der Waals surface area contributed by atoms with Crippen molar-refractivity contribution in [2.75, 3.05) is 11.9 Å². The maximum absolute atomic E-state index is 12.7. The summed E-state index contributed by atoms with van der Waals surface area (Å²) in [6.45, 7) is 6.37. The topological polar surface area (TPSA) is 67.1 Å². The molecule has 0 fully saturated rings. The van der Waals surface area contributed by atoms with Gasteiger partial charge in [-0.2, -0.15) is 0 Å². The van der Waals surface area contributed by atoms with Gasteiger partial charge in [-0.3, -0.25) is 0 Å². The van der Waals surface area contributed by atoms with Crippen molar-refractivity contribution in [1.29, 1.82) is 0 Å². The molecule has 0 saturated carbocycles. The number of hydrogen-bond acceptors (Lipinski definition) is 2. The fourth-order valence-corrected chi connectivity index (χ4v) is 1.49. The largest absolute Gasteiger partial charge is 0.333 e. The van der Waals surface area contributed by atoms with Crippen molar-refractivity contribution in [2.24, 2.45) is 11.1 Å². The standard InChI is InChI=1S/C13H20FN3O/c1-13(2,3)11(8-15)17-12(18)16-10-6-4-9(14)5-7-10/h4-7,11H,8,15H2,1-3H3,(H2,16,17,18). The molecule has 0 aliphatic carbocycles. The Bertz CT molecular complexity index is 398. The maximum atomic E-state index is 12.7. The summed E-state index contributed by atoms with van der Waals surface area (Å²) in [6.07, 6.45) is 0. The van der Waals surface area contributed by atoms with E-state index in [2.05, 4.69) is 10.6 Å². The number of hydrogen-bond donors (Lipinski definition) is 3. The monoisotopic (exact) mass is 253 g/mol. The van der Waals surface area contributed by atoms with E-state index in [1.165, 1.54) is 24.3 Å². The molecule has 0 aliphatic heterocycles. The molecule has 4 nitrogen and oxygen atoms in total. The fourth-order valence-electron chi connectivity index (χ4n) is 1.49. The van der Waals surface area contributed by atoms with Gasteiger partial charge in [0.1, 0.15) is 5.82 Å². The van der Waals surface area contributed by atoms with Crippen LogP contribution in [0.1, 0.15) is 20.8 Å². The van der Waals surface area contributed by atoms with Crippen molar-refractivity contribution < 1.29 is 9.18 Å². The highest BCUT2D eigenvalue weighted by Crippen LogP contribution is 2.18. The second kappa shape index (κ2) is 5.82. The zero-order chi connectivity index (χ0) is 13.8. The number of urea groups is 1. The number of carbonyl (C=O) groups is 1. The predicted molar refractivity (Wildman–Crippen MR) is 70.9 cm³/mol. The van der Waals surface area contributed by atoms with Gasteiger partial charge in [0.25, 0.3) is 0 Å². The Morgan fingerprint density at radius 3 is 2.33 bits per heavy atom. The molecule has 100 valence electrons. The number of rotatable bonds is 3. The average Bonchev–Trinajstić information content (AvgIpc) is 2.27. The third-order valence-electron chi connectivity index (χ3n) is 2.69. The van der Waals surface area contributed by atoms with Crippen molar-refractivity contribution in [3.63, 3.8) is 0 Å². The number of amides is 2. The Balaban J connectivity index is 2.58. The van der Waals surface area contributed by atoms with Gasteiger partial charge in [0.05, 0.1) is 0 Å². The molecule has 0 bridgehead atoms. The van der Waals surface area contributed by atoms with Crippen LogP contribution < -0.4 is 16.4 Å². The second-order valence-electron chi connectivity index (χ2n) is 5.26. The lowest BCUT2D eigenvalue weighted by atomic mass is 9.87. The summed E-state index contributed by atoms with van der Waals surface area (Å²) in [6, 6.07) is 5.12. The first-order valence-corrected chi connectivity index (χ1v) is 5.86. The summed E-state index contributed by atoms with van der Waals surface area (Å²) in [7, 11) is 0. The van der Waals surface area contributed by atoms with Crippen LogP contribution in [0.3, 0.4) is 0 Å². The highest BCUT2D eigenvalue weighted by atomic mass is 19.1. The molecule has 1 atom stereocenters. The predicted octanol–water partition coefficient (Wildman–Crippen LogP) is 2.32. The van der Waals surface area contributed by atoms with Crippen LogP contribution in [0.15, 0.2) is 24.3 Å². The van der Waals surface area contributed by atoms with Crippen LogP contribution in [0.4, 0.5) is 14.9 Å². The number of carbonyl (C=O) groups excluding carboxylic acids is 1. The molecule has 1 unspecified atom stereocenters. The van der Waals surface area contributed by atoms with Crippen LogP contribution in [-0.2, 0) is 0 Å². The quantitative estimate of drug-likeness (QED) is 0.774. The highest BCUT2D eigenvalue weighted by Gasteiger charge is 2.24. The smallest absolute Gasteiger partial charge is 0.319 e. The molecule has 0 saturated heterocycles. The lowest BCUT2D eigenvalue weighted by Gasteiger charge is -2.30. The average molecular weight is 253 g/mol. The summed E-state index contributed by atoms with van der Waals surface area (Å²) in [5.74, 6) is -0.338. The minimum absolute atomic E-state index is 0.116. The first kappa shape index (κ1) is 14.4. The number of anilines is 1. The number of nitrogens with two attached hydrogens (primary N) is 1. The van der Waals surface area contributed by atoms with Gasteiger partial charge >= 0.3 is 6.03 Å². The molecule has 1 rings (SSSR count). The van der Waals surface area contributed by atoms with Gasteiger partial charge in [0, 0.05) is 18.3 Å². The molecule has 4 N–H and O–H groups in total. The Kier molecular flexibility index (Phi) is 4.67. The molecule has 0 heterocycles. The van der Waals surface area contributed by atoms with E-state index in [1.807, 2.05) is 20.8 Å². The maximum Gasteiger partial charge on any atom is 0.319 e. The lowest BCUT2D eigenvalue weighted by Crippen LogP contribution is -2.49. The summed E-state index contributed by atoms with van der Waals surface area (Å²) >= 11 is 0. The first-order valence-electron chi connectivity index (χ1n) is 5.86. The van der Waals surface area contributed by atoms with E-state index < -0.39 is 0 Å². The zero-order valence-corrected chi connectivity index (χ0v) is 11.0. The zero-order valence-electron chi connectivity index (χ0n) is 11.0. The third kappa shape index (κ3) is 4.33. The van der Waals surface area contributed by atoms with Crippen molar-refractivity contribution in [3.05, 3.63) is 30.1 Å². The number of benzene rings is 1. The molecule has 0 spiro atoms. The fraction of sp³-hybridized carbons (Fsp3) is 0.462. The lowest BCUT2D eigenvalue weighted by molar-refractivity contribution is 0.230. The Hall–Kier alpha value is -1.62. The Morgan fingerprint density at radius 2 is 1.89 bits per heavy atom. The van der Waals surface area contributed by atoms with E-state index in [0.29, 0.717) is 12.2 Å². The van der Waals surface area contributed by atoms with E-state index in [4.69, 9.17) is 5.73 Å². The molecule has 0 radical (unpaired) electrons. The van der Waals surface area contributed by atoms with Crippen LogP contribution >= 0.6 is 0 Å². The summed E-state index contributed by atoms with van der Waals surface area (Å²) < 4.78 is 12.7. The number of nitrogens with one attached hydrogen (secondary N) is 2. The Labute approximate surface area is 107 Å². The van der Waals surface area contributed by atoms with E-state index >= 15 is 0 Å². The van der Waals surface area contributed by atoms with Crippen LogP contribution in [-0.4, -0.2) is 18.6 Å². The van der Waals surface area contributed by atoms with Crippen molar-refractivity contribution >= 4 is 11.7 Å². The van der Waals surface area contributed by atoms with E-state index in [9.17, 15) is 9.18 Å². The molecule has 0 aliphatic rings. The van der Waals surface area contributed by atoms with Crippen LogP contribution in [0.25, 0.3) is 0 Å². The summed E-state index contributed by atoms with van der Waals surface area (Å²) in [4.78, 5) is 11.7. The van der Waals surface area contributed by atoms with Crippen LogP contribution in [0, 0.1) is 11.2 Å². The van der Waals surface area contributed by atoms with Gasteiger partial charge in [-0.1, -0.05) is 20.8 Å². The van der Waals surface area contributed by atoms with E-state index in [0.717, 1.165) is 0 Å². The van der Waals surface area contributed by atoms with Gasteiger partial charge in [-0.25, -0.2) is 9.18 Å². The summed E-state index contributed by atoms with van der Waals surface area (Å²) in [5.41, 5.74) is 6.05. The second-order valence-corrected chi connectivity index (χ2v) is 5.26.